The third kappa shape index (κ3) is 2.65. The van der Waals surface area contributed by atoms with E-state index in [1.807, 2.05) is 0 Å². The lowest BCUT2D eigenvalue weighted by Gasteiger charge is -2.05. The molecule has 0 aliphatic carbocycles. The van der Waals surface area contributed by atoms with Crippen LogP contribution >= 0.6 is 23.2 Å². The Bertz CT molecular complexity index is 851. The summed E-state index contributed by atoms with van der Waals surface area (Å²) in [5.74, 6) is -1.15. The number of halogens is 3. The van der Waals surface area contributed by atoms with Gasteiger partial charge in [-0.3, -0.25) is 10.1 Å². The number of aromatic nitrogens is 4. The number of H-pyrrole nitrogens is 1. The van der Waals surface area contributed by atoms with Crippen molar-refractivity contribution in [2.24, 2.45) is 0 Å². The average Bonchev–Trinajstić information content (AvgIpc) is 2.90. The van der Waals surface area contributed by atoms with Crippen LogP contribution in [0.5, 0.6) is 0 Å². The second-order valence-electron chi connectivity index (χ2n) is 4.02. The van der Waals surface area contributed by atoms with Gasteiger partial charge in [-0.25, -0.2) is 9.37 Å². The first-order valence-corrected chi connectivity index (χ1v) is 6.43. The zero-order valence-electron chi connectivity index (χ0n) is 10.2. The van der Waals surface area contributed by atoms with Crippen molar-refractivity contribution in [3.05, 3.63) is 46.1 Å². The molecule has 0 aliphatic heterocycles. The summed E-state index contributed by atoms with van der Waals surface area (Å²) in [7, 11) is 0. The molecule has 0 saturated heterocycles. The lowest BCUT2D eigenvalue weighted by atomic mass is 10.2. The van der Waals surface area contributed by atoms with Gasteiger partial charge in [0.2, 0.25) is 5.95 Å². The van der Waals surface area contributed by atoms with Crippen molar-refractivity contribution in [1.82, 2.24) is 19.9 Å². The van der Waals surface area contributed by atoms with Gasteiger partial charge < -0.3 is 4.98 Å². The third-order valence-corrected chi connectivity index (χ3v) is 3.21. The normalized spacial score (nSPS) is 10.8. The predicted molar refractivity (Wildman–Crippen MR) is 76.1 cm³/mol. The first-order chi connectivity index (χ1) is 10.0. The van der Waals surface area contributed by atoms with E-state index in [0.29, 0.717) is 11.2 Å². The second-order valence-corrected chi connectivity index (χ2v) is 4.79. The number of aromatic amines is 1. The van der Waals surface area contributed by atoms with Gasteiger partial charge in [0, 0.05) is 5.56 Å². The molecule has 6 nitrogen and oxygen atoms in total. The van der Waals surface area contributed by atoms with E-state index in [0.717, 1.165) is 6.07 Å². The van der Waals surface area contributed by atoms with Crippen LogP contribution in [-0.2, 0) is 0 Å². The molecule has 3 aromatic rings. The van der Waals surface area contributed by atoms with Crippen molar-refractivity contribution in [2.75, 3.05) is 5.32 Å². The molecule has 1 aromatic carbocycles. The van der Waals surface area contributed by atoms with Crippen molar-refractivity contribution < 1.29 is 9.18 Å². The van der Waals surface area contributed by atoms with Gasteiger partial charge in [-0.1, -0.05) is 23.2 Å². The molecule has 0 aliphatic rings. The van der Waals surface area contributed by atoms with Gasteiger partial charge in [-0.05, 0) is 18.2 Å². The highest BCUT2D eigenvalue weighted by Gasteiger charge is 2.13. The molecular formula is C12H6Cl2FN5O. The summed E-state index contributed by atoms with van der Waals surface area (Å²) in [6.45, 7) is 0. The van der Waals surface area contributed by atoms with Crippen LogP contribution in [0, 0.1) is 5.82 Å². The smallest absolute Gasteiger partial charge is 0.258 e. The second kappa shape index (κ2) is 5.27. The zero-order valence-corrected chi connectivity index (χ0v) is 11.7. The Hall–Kier alpha value is -2.25. The lowest BCUT2D eigenvalue weighted by molar-refractivity contribution is 0.102. The number of carbonyl (C=O) groups is 1. The van der Waals surface area contributed by atoms with Gasteiger partial charge in [0.05, 0.1) is 11.3 Å². The molecule has 2 aromatic heterocycles. The number of anilines is 1. The first kappa shape index (κ1) is 13.7. The molecular weight excluding hydrogens is 320 g/mol. The summed E-state index contributed by atoms with van der Waals surface area (Å²) < 4.78 is 13.1. The van der Waals surface area contributed by atoms with Crippen LogP contribution in [0.25, 0.3) is 11.2 Å². The Labute approximate surface area is 127 Å². The number of hydrogen-bond acceptors (Lipinski definition) is 4. The average molecular weight is 326 g/mol. The van der Waals surface area contributed by atoms with E-state index in [-0.39, 0.29) is 21.7 Å². The minimum absolute atomic E-state index is 0.00922. The summed E-state index contributed by atoms with van der Waals surface area (Å²) in [6, 6.07) is 3.61. The van der Waals surface area contributed by atoms with Crippen LogP contribution < -0.4 is 5.32 Å². The minimum atomic E-state index is -0.606. The quantitative estimate of drug-likeness (QED) is 0.709. The molecule has 21 heavy (non-hydrogen) atoms. The molecule has 3 rings (SSSR count). The van der Waals surface area contributed by atoms with Crippen LogP contribution in [0.2, 0.25) is 10.2 Å². The van der Waals surface area contributed by atoms with Crippen LogP contribution in [-0.4, -0.2) is 25.8 Å². The van der Waals surface area contributed by atoms with Crippen molar-refractivity contribution in [3.8, 4) is 0 Å². The van der Waals surface area contributed by atoms with Crippen molar-refractivity contribution in [2.45, 2.75) is 0 Å². The molecule has 0 unspecified atom stereocenters. The summed E-state index contributed by atoms with van der Waals surface area (Å²) >= 11 is 11.6. The topological polar surface area (TPSA) is 83.6 Å². The number of nitrogens with zero attached hydrogens (tertiary/aromatic N) is 3. The van der Waals surface area contributed by atoms with Crippen LogP contribution in [0.4, 0.5) is 10.3 Å². The molecule has 106 valence electrons. The Kier molecular flexibility index (Phi) is 3.44. The maximum Gasteiger partial charge on any atom is 0.258 e. The molecule has 0 saturated carbocycles. The predicted octanol–water partition coefficient (Wildman–Crippen LogP) is 3.05. The summed E-state index contributed by atoms with van der Waals surface area (Å²) in [6.07, 6.45) is 1.41. The number of hydrogen-bond donors (Lipinski definition) is 2. The molecule has 2 N–H and O–H groups in total. The third-order valence-electron chi connectivity index (χ3n) is 2.65. The van der Waals surface area contributed by atoms with Crippen LogP contribution in [0.1, 0.15) is 10.4 Å². The molecule has 0 bridgehead atoms. The number of rotatable bonds is 2. The van der Waals surface area contributed by atoms with Gasteiger partial charge in [0.15, 0.2) is 10.8 Å². The monoisotopic (exact) mass is 325 g/mol. The Morgan fingerprint density at radius 1 is 1.29 bits per heavy atom. The highest BCUT2D eigenvalue weighted by atomic mass is 35.5. The fourth-order valence-corrected chi connectivity index (χ4v) is 2.06. The number of benzene rings is 1. The Morgan fingerprint density at radius 2 is 2.10 bits per heavy atom. The molecule has 0 atom stereocenters. The molecule has 0 radical (unpaired) electrons. The standard InChI is InChI=1S/C12H6Cl2FN5O/c13-6-3-5(1-2-7(6)15)11(21)20-12-18-9(14)8-10(19-12)17-4-16-8/h1-4H,(H2,16,17,18,19,20,21). The van der Waals surface area contributed by atoms with Gasteiger partial charge in [-0.2, -0.15) is 9.97 Å². The Balaban J connectivity index is 1.90. The van der Waals surface area contributed by atoms with Crippen molar-refractivity contribution >= 4 is 46.2 Å². The van der Waals surface area contributed by atoms with Crippen LogP contribution in [0.15, 0.2) is 24.5 Å². The first-order valence-electron chi connectivity index (χ1n) is 5.67. The van der Waals surface area contributed by atoms with E-state index in [4.69, 9.17) is 23.2 Å². The Morgan fingerprint density at radius 3 is 2.86 bits per heavy atom. The molecule has 0 fully saturated rings. The molecule has 1 amide bonds. The number of fused-ring (bicyclic) bond motifs is 1. The largest absolute Gasteiger partial charge is 0.341 e. The summed E-state index contributed by atoms with van der Waals surface area (Å²) in [5, 5.41) is 2.43. The van der Waals surface area contributed by atoms with E-state index in [1.54, 1.807) is 0 Å². The van der Waals surface area contributed by atoms with E-state index < -0.39 is 11.7 Å². The zero-order chi connectivity index (χ0) is 15.0. The number of carbonyl (C=O) groups excluding carboxylic acids is 1. The maximum absolute atomic E-state index is 13.1. The minimum Gasteiger partial charge on any atom is -0.341 e. The fraction of sp³-hybridized carbons (Fsp3) is 0. The maximum atomic E-state index is 13.1. The summed E-state index contributed by atoms with van der Waals surface area (Å²) in [5.41, 5.74) is 0.963. The van der Waals surface area contributed by atoms with Gasteiger partial charge >= 0.3 is 0 Å². The highest BCUT2D eigenvalue weighted by molar-refractivity contribution is 6.33. The fourth-order valence-electron chi connectivity index (χ4n) is 1.66. The number of nitrogens with one attached hydrogen (secondary N) is 2. The van der Waals surface area contributed by atoms with E-state index >= 15 is 0 Å². The lowest BCUT2D eigenvalue weighted by Crippen LogP contribution is -2.14. The van der Waals surface area contributed by atoms with Crippen molar-refractivity contribution in [3.63, 3.8) is 0 Å². The number of imidazole rings is 1. The molecule has 9 heteroatoms. The van der Waals surface area contributed by atoms with E-state index in [2.05, 4.69) is 25.3 Å². The van der Waals surface area contributed by atoms with E-state index in [9.17, 15) is 9.18 Å². The highest BCUT2D eigenvalue weighted by Crippen LogP contribution is 2.20. The van der Waals surface area contributed by atoms with E-state index in [1.165, 1.54) is 18.5 Å². The van der Waals surface area contributed by atoms with Gasteiger partial charge in [-0.15, -0.1) is 0 Å². The summed E-state index contributed by atoms with van der Waals surface area (Å²) in [4.78, 5) is 26.7. The number of amides is 1. The molecule has 2 heterocycles. The van der Waals surface area contributed by atoms with Gasteiger partial charge in [0.25, 0.3) is 5.91 Å². The molecule has 0 spiro atoms. The van der Waals surface area contributed by atoms with Gasteiger partial charge in [0.1, 0.15) is 11.3 Å². The SMILES string of the molecule is O=C(Nc1nc(Cl)c2[nH]cnc2n1)c1ccc(F)c(Cl)c1. The van der Waals surface area contributed by atoms with Crippen LogP contribution in [0.3, 0.4) is 0 Å². The van der Waals surface area contributed by atoms with Crippen molar-refractivity contribution in [1.29, 1.82) is 0 Å².